The van der Waals surface area contributed by atoms with Gasteiger partial charge >= 0.3 is 11.9 Å². The van der Waals surface area contributed by atoms with Crippen LogP contribution in [0.2, 0.25) is 0 Å². The Morgan fingerprint density at radius 2 is 1.62 bits per heavy atom. The summed E-state index contributed by atoms with van der Waals surface area (Å²) in [6.45, 7) is 2.01. The Hall–Kier alpha value is -1.20. The molecule has 0 saturated carbocycles. The molecule has 152 valence electrons. The molecule has 0 fully saturated rings. The number of esters is 2. The Balaban J connectivity index is 3.39. The molecule has 0 amide bonds. The summed E-state index contributed by atoms with van der Waals surface area (Å²) in [6.07, 6.45) is 16.9. The molecule has 1 N–H and O–H groups in total. The molecule has 1 atom stereocenters. The first kappa shape index (κ1) is 24.8. The summed E-state index contributed by atoms with van der Waals surface area (Å²) in [7, 11) is 1.39. The second-order valence-electron chi connectivity index (χ2n) is 6.80. The highest BCUT2D eigenvalue weighted by atomic mass is 16.6. The maximum Gasteiger partial charge on any atom is 0.339 e. The van der Waals surface area contributed by atoms with Crippen molar-refractivity contribution in [3.63, 3.8) is 0 Å². The summed E-state index contributed by atoms with van der Waals surface area (Å²) in [5, 5.41) is 9.86. The quantitative estimate of drug-likeness (QED) is 0.174. The molecule has 0 saturated heterocycles. The fourth-order valence-corrected chi connectivity index (χ4v) is 2.68. The minimum Gasteiger partial charge on any atom is -0.393 e. The summed E-state index contributed by atoms with van der Waals surface area (Å²) < 4.78 is 9.18. The van der Waals surface area contributed by atoms with E-state index in [9.17, 15) is 14.7 Å². The van der Waals surface area contributed by atoms with Crippen LogP contribution >= 0.6 is 0 Å². The lowest BCUT2D eigenvalue weighted by Gasteiger charge is -2.07. The average Bonchev–Trinajstić information content (AvgIpc) is 2.60. The van der Waals surface area contributed by atoms with E-state index in [2.05, 4.69) is 28.5 Å². The third kappa shape index (κ3) is 17.6. The lowest BCUT2D eigenvalue weighted by molar-refractivity contribution is -0.162. The van der Waals surface area contributed by atoms with E-state index >= 15 is 0 Å². The summed E-state index contributed by atoms with van der Waals surface area (Å²) >= 11 is 0. The smallest absolute Gasteiger partial charge is 0.339 e. The Bertz CT molecular complexity index is 379. The molecule has 0 aromatic carbocycles. The minimum absolute atomic E-state index is 0.185. The van der Waals surface area contributed by atoms with Crippen LogP contribution in [0.25, 0.3) is 0 Å². The number of carbonyl (C=O) groups is 2. The first-order chi connectivity index (χ1) is 12.6. The van der Waals surface area contributed by atoms with Crippen molar-refractivity contribution < 1.29 is 24.2 Å². The number of hydrogen-bond donors (Lipinski definition) is 1. The van der Waals surface area contributed by atoms with Gasteiger partial charge in [-0.25, -0.2) is 4.79 Å². The van der Waals surface area contributed by atoms with Gasteiger partial charge in [0.1, 0.15) is 6.61 Å². The number of carbonyl (C=O) groups excluding carboxylic acids is 2. The predicted octanol–water partition coefficient (Wildman–Crippen LogP) is 4.71. The molecular weight excluding hydrogens is 332 g/mol. The van der Waals surface area contributed by atoms with Crippen molar-refractivity contribution >= 4 is 11.9 Å². The fourth-order valence-electron chi connectivity index (χ4n) is 2.68. The maximum absolute atomic E-state index is 11.4. The van der Waals surface area contributed by atoms with Crippen molar-refractivity contribution in [2.75, 3.05) is 13.7 Å². The van der Waals surface area contributed by atoms with Gasteiger partial charge in [0.25, 0.3) is 0 Å². The molecule has 5 heteroatoms. The van der Waals surface area contributed by atoms with Crippen LogP contribution < -0.4 is 0 Å². The number of hydrogen-bond acceptors (Lipinski definition) is 5. The largest absolute Gasteiger partial charge is 0.393 e. The normalized spacial score (nSPS) is 12.4. The highest BCUT2D eigenvalue weighted by Crippen LogP contribution is 2.10. The van der Waals surface area contributed by atoms with E-state index < -0.39 is 11.9 Å². The molecule has 0 rings (SSSR count). The van der Waals surface area contributed by atoms with Crippen LogP contribution in [0.15, 0.2) is 12.2 Å². The van der Waals surface area contributed by atoms with Gasteiger partial charge in [-0.2, -0.15) is 0 Å². The highest BCUT2D eigenvalue weighted by Gasteiger charge is 2.09. The standard InChI is InChI=1S/C21H38O5/c1-3-4-5-12-15-19(22)16-13-10-8-6-7-9-11-14-17-20(23)26-21(24)18-25-2/h10,13,19,22H,3-9,11-12,14-18H2,1-2H3/t19-/m1/s1. The zero-order valence-electron chi connectivity index (χ0n) is 16.7. The summed E-state index contributed by atoms with van der Waals surface area (Å²) in [5.74, 6) is -1.10. The maximum atomic E-state index is 11.4. The molecule has 0 aromatic heterocycles. The number of methoxy groups -OCH3 is 1. The van der Waals surface area contributed by atoms with Crippen molar-refractivity contribution in [1.82, 2.24) is 0 Å². The monoisotopic (exact) mass is 370 g/mol. The molecule has 0 heterocycles. The van der Waals surface area contributed by atoms with Crippen molar-refractivity contribution in [3.8, 4) is 0 Å². The number of ether oxygens (including phenoxy) is 2. The minimum atomic E-state index is -0.629. The van der Waals surface area contributed by atoms with Gasteiger partial charge in [-0.05, 0) is 32.1 Å². The van der Waals surface area contributed by atoms with Crippen LogP contribution in [0, 0.1) is 0 Å². The van der Waals surface area contributed by atoms with E-state index in [0.717, 1.165) is 57.8 Å². The second kappa shape index (κ2) is 18.6. The van der Waals surface area contributed by atoms with E-state index in [1.807, 2.05) is 0 Å². The number of aliphatic hydroxyl groups is 1. The Labute approximate surface area is 159 Å². The van der Waals surface area contributed by atoms with E-state index in [4.69, 9.17) is 0 Å². The van der Waals surface area contributed by atoms with Gasteiger partial charge in [0.15, 0.2) is 0 Å². The van der Waals surface area contributed by atoms with Crippen molar-refractivity contribution in [2.45, 2.75) is 96.5 Å². The fraction of sp³-hybridized carbons (Fsp3) is 0.810. The van der Waals surface area contributed by atoms with Crippen LogP contribution in [0.1, 0.15) is 90.4 Å². The van der Waals surface area contributed by atoms with Crippen LogP contribution in [0.3, 0.4) is 0 Å². The van der Waals surface area contributed by atoms with Crippen LogP contribution in [-0.4, -0.2) is 36.9 Å². The molecular formula is C21H38O5. The van der Waals surface area contributed by atoms with E-state index in [1.54, 1.807) is 0 Å². The highest BCUT2D eigenvalue weighted by molar-refractivity contribution is 5.85. The summed E-state index contributed by atoms with van der Waals surface area (Å²) in [5.41, 5.74) is 0. The van der Waals surface area contributed by atoms with Gasteiger partial charge in [-0.3, -0.25) is 4.79 Å². The molecule has 0 aliphatic heterocycles. The zero-order chi connectivity index (χ0) is 19.5. The van der Waals surface area contributed by atoms with Crippen molar-refractivity contribution in [2.24, 2.45) is 0 Å². The van der Waals surface area contributed by atoms with Crippen LogP contribution in [0.5, 0.6) is 0 Å². The number of rotatable bonds is 17. The molecule has 0 aliphatic carbocycles. The summed E-state index contributed by atoms with van der Waals surface area (Å²) in [4.78, 5) is 22.4. The van der Waals surface area contributed by atoms with Gasteiger partial charge in [0.2, 0.25) is 0 Å². The number of aliphatic hydroxyl groups excluding tert-OH is 1. The average molecular weight is 371 g/mol. The lowest BCUT2D eigenvalue weighted by Crippen LogP contribution is -2.16. The number of unbranched alkanes of at least 4 members (excludes halogenated alkanes) is 8. The summed E-state index contributed by atoms with van der Waals surface area (Å²) in [6, 6.07) is 0. The zero-order valence-corrected chi connectivity index (χ0v) is 16.7. The predicted molar refractivity (Wildman–Crippen MR) is 104 cm³/mol. The van der Waals surface area contributed by atoms with E-state index in [1.165, 1.54) is 26.4 Å². The first-order valence-electron chi connectivity index (χ1n) is 10.2. The Morgan fingerprint density at radius 3 is 2.35 bits per heavy atom. The third-order valence-electron chi connectivity index (χ3n) is 4.21. The van der Waals surface area contributed by atoms with Gasteiger partial charge in [-0.15, -0.1) is 0 Å². The van der Waals surface area contributed by atoms with E-state index in [0.29, 0.717) is 0 Å². The molecule has 0 bridgehead atoms. The van der Waals surface area contributed by atoms with Crippen LogP contribution in [0.4, 0.5) is 0 Å². The third-order valence-corrected chi connectivity index (χ3v) is 4.21. The Kier molecular flexibility index (Phi) is 17.7. The number of allylic oxidation sites excluding steroid dienone is 1. The molecule has 0 aliphatic rings. The molecule has 26 heavy (non-hydrogen) atoms. The van der Waals surface area contributed by atoms with Crippen molar-refractivity contribution in [1.29, 1.82) is 0 Å². The molecule has 0 unspecified atom stereocenters. The van der Waals surface area contributed by atoms with Crippen LogP contribution in [-0.2, 0) is 19.1 Å². The van der Waals surface area contributed by atoms with Gasteiger partial charge in [0.05, 0.1) is 6.10 Å². The Morgan fingerprint density at radius 1 is 0.923 bits per heavy atom. The topological polar surface area (TPSA) is 72.8 Å². The molecule has 0 aromatic rings. The molecule has 0 radical (unpaired) electrons. The van der Waals surface area contributed by atoms with Crippen molar-refractivity contribution in [3.05, 3.63) is 12.2 Å². The molecule has 0 spiro atoms. The SMILES string of the molecule is CCCCCC[C@@H](O)CC=CCCCCCCCC(=O)OC(=O)COC. The van der Waals surface area contributed by atoms with Gasteiger partial charge in [0, 0.05) is 13.5 Å². The lowest BCUT2D eigenvalue weighted by atomic mass is 10.1. The second-order valence-corrected chi connectivity index (χ2v) is 6.80. The van der Waals surface area contributed by atoms with E-state index in [-0.39, 0.29) is 19.1 Å². The van der Waals surface area contributed by atoms with Gasteiger partial charge < -0.3 is 14.6 Å². The molecule has 5 nitrogen and oxygen atoms in total. The first-order valence-corrected chi connectivity index (χ1v) is 10.2. The van der Waals surface area contributed by atoms with Gasteiger partial charge in [-0.1, -0.05) is 64.0 Å².